The fourth-order valence-corrected chi connectivity index (χ4v) is 4.68. The maximum Gasteiger partial charge on any atom is 0.251 e. The average Bonchev–Trinajstić information content (AvgIpc) is 2.74. The number of hydrogen-bond acceptors (Lipinski definition) is 5. The van der Waals surface area contributed by atoms with E-state index in [4.69, 9.17) is 0 Å². The maximum absolute atomic E-state index is 12.2. The number of thioether (sulfide) groups is 1. The van der Waals surface area contributed by atoms with Gasteiger partial charge in [-0.05, 0) is 32.0 Å². The highest BCUT2D eigenvalue weighted by molar-refractivity contribution is 8.00. The number of pyridine rings is 1. The molecule has 2 aromatic rings. The Morgan fingerprint density at radius 3 is 2.52 bits per heavy atom. The maximum atomic E-state index is 12.2. The number of piperazine rings is 1. The summed E-state index contributed by atoms with van der Waals surface area (Å²) in [4.78, 5) is 30.3. The number of nitrogens with one attached hydrogen (secondary N) is 1. The van der Waals surface area contributed by atoms with Crippen LogP contribution in [-0.2, 0) is 11.8 Å². The average molecular weight is 417 g/mol. The van der Waals surface area contributed by atoms with Gasteiger partial charge in [0.2, 0.25) is 5.91 Å². The number of benzene rings is 1. The van der Waals surface area contributed by atoms with Gasteiger partial charge in [0.05, 0.1) is 11.3 Å². The molecule has 0 atom stereocenters. The summed E-state index contributed by atoms with van der Waals surface area (Å²) in [6.45, 7) is 9.72. The molecule has 1 aliphatic heterocycles. The lowest BCUT2D eigenvalue weighted by atomic mass is 10.2. The highest BCUT2D eigenvalue weighted by atomic mass is 32.2. The zero-order valence-electron chi connectivity index (χ0n) is 17.5. The number of carbonyl (C=O) groups is 1. The largest absolute Gasteiger partial charge is 0.355 e. The Hall–Kier alpha value is -1.83. The van der Waals surface area contributed by atoms with Gasteiger partial charge in [0.15, 0.2) is 0 Å². The molecule has 0 saturated carbocycles. The van der Waals surface area contributed by atoms with Crippen LogP contribution in [0.4, 0.5) is 0 Å². The molecule has 158 valence electrons. The zero-order valence-corrected chi connectivity index (χ0v) is 18.3. The van der Waals surface area contributed by atoms with Crippen LogP contribution in [0, 0.1) is 0 Å². The van der Waals surface area contributed by atoms with Crippen molar-refractivity contribution >= 4 is 28.6 Å². The Kier molecular flexibility index (Phi) is 8.15. The highest BCUT2D eigenvalue weighted by Crippen LogP contribution is 2.25. The minimum absolute atomic E-state index is 0.0209. The molecule has 1 aromatic carbocycles. The SMILES string of the molecule is CCCN1CCN(CCCNC(=O)CSc2cc(=O)n(C)c3ccccc23)CC1. The molecule has 7 heteroatoms. The third-order valence-corrected chi connectivity index (χ3v) is 6.51. The van der Waals surface area contributed by atoms with Crippen molar-refractivity contribution in [2.75, 3.05) is 51.6 Å². The van der Waals surface area contributed by atoms with Gasteiger partial charge >= 0.3 is 0 Å². The molecule has 1 aliphatic rings. The molecule has 1 fully saturated rings. The van der Waals surface area contributed by atoms with Crippen molar-refractivity contribution in [1.82, 2.24) is 19.7 Å². The van der Waals surface area contributed by atoms with Crippen molar-refractivity contribution in [3.63, 3.8) is 0 Å². The highest BCUT2D eigenvalue weighted by Gasteiger charge is 2.15. The Balaban J connectivity index is 1.40. The molecule has 6 nitrogen and oxygen atoms in total. The van der Waals surface area contributed by atoms with Gasteiger partial charge < -0.3 is 19.7 Å². The third-order valence-electron chi connectivity index (χ3n) is 5.45. The van der Waals surface area contributed by atoms with Crippen LogP contribution in [0.3, 0.4) is 0 Å². The van der Waals surface area contributed by atoms with Crippen molar-refractivity contribution < 1.29 is 4.79 Å². The van der Waals surface area contributed by atoms with Crippen molar-refractivity contribution in [3.8, 4) is 0 Å². The number of carbonyl (C=O) groups excluding carboxylic acids is 1. The first-order valence-electron chi connectivity index (χ1n) is 10.5. The molecular formula is C22H32N4O2S. The summed E-state index contributed by atoms with van der Waals surface area (Å²) in [5, 5.41) is 4.02. The lowest BCUT2D eigenvalue weighted by molar-refractivity contribution is -0.118. The van der Waals surface area contributed by atoms with E-state index >= 15 is 0 Å². The van der Waals surface area contributed by atoms with Crippen LogP contribution in [0.2, 0.25) is 0 Å². The number of rotatable bonds is 9. The molecule has 1 N–H and O–H groups in total. The van der Waals surface area contributed by atoms with Crippen molar-refractivity contribution in [1.29, 1.82) is 0 Å². The van der Waals surface area contributed by atoms with Crippen LogP contribution in [-0.4, -0.2) is 71.8 Å². The van der Waals surface area contributed by atoms with E-state index in [1.165, 1.54) is 24.7 Å². The minimum atomic E-state index is -0.0503. The van der Waals surface area contributed by atoms with Crippen LogP contribution in [0.15, 0.2) is 40.0 Å². The van der Waals surface area contributed by atoms with Gasteiger partial charge in [0.25, 0.3) is 5.56 Å². The predicted molar refractivity (Wildman–Crippen MR) is 121 cm³/mol. The van der Waals surface area contributed by atoms with Crippen LogP contribution < -0.4 is 10.9 Å². The lowest BCUT2D eigenvalue weighted by Gasteiger charge is -2.34. The van der Waals surface area contributed by atoms with Gasteiger partial charge in [-0.25, -0.2) is 0 Å². The lowest BCUT2D eigenvalue weighted by Crippen LogP contribution is -2.47. The number of aromatic nitrogens is 1. The first kappa shape index (κ1) is 21.9. The second-order valence-electron chi connectivity index (χ2n) is 7.60. The van der Waals surface area contributed by atoms with Crippen LogP contribution in [0.25, 0.3) is 10.9 Å². The summed E-state index contributed by atoms with van der Waals surface area (Å²) < 4.78 is 1.64. The van der Waals surface area contributed by atoms with Crippen molar-refractivity contribution in [2.24, 2.45) is 7.05 Å². The Morgan fingerprint density at radius 2 is 1.79 bits per heavy atom. The summed E-state index contributed by atoms with van der Waals surface area (Å²) in [6, 6.07) is 9.43. The molecule has 29 heavy (non-hydrogen) atoms. The van der Waals surface area contributed by atoms with Gasteiger partial charge in [-0.1, -0.05) is 25.1 Å². The summed E-state index contributed by atoms with van der Waals surface area (Å²) in [5.41, 5.74) is 0.840. The molecule has 1 amide bonds. The van der Waals surface area contributed by atoms with Crippen LogP contribution in [0.1, 0.15) is 19.8 Å². The topological polar surface area (TPSA) is 57.6 Å². The second-order valence-corrected chi connectivity index (χ2v) is 8.62. The zero-order chi connectivity index (χ0) is 20.6. The molecule has 3 rings (SSSR count). The van der Waals surface area contributed by atoms with E-state index in [0.717, 1.165) is 54.9 Å². The smallest absolute Gasteiger partial charge is 0.251 e. The summed E-state index contributed by atoms with van der Waals surface area (Å²) in [5.74, 6) is 0.347. The van der Waals surface area contributed by atoms with Gasteiger partial charge in [-0.2, -0.15) is 0 Å². The van der Waals surface area contributed by atoms with E-state index < -0.39 is 0 Å². The number of fused-ring (bicyclic) bond motifs is 1. The molecule has 2 heterocycles. The Bertz CT molecular complexity index is 875. The van der Waals surface area contributed by atoms with Gasteiger partial charge in [-0.15, -0.1) is 11.8 Å². The molecule has 0 bridgehead atoms. The summed E-state index contributed by atoms with van der Waals surface area (Å²) >= 11 is 1.43. The first-order valence-corrected chi connectivity index (χ1v) is 11.5. The molecule has 1 saturated heterocycles. The normalized spacial score (nSPS) is 15.7. The van der Waals surface area contributed by atoms with E-state index in [0.29, 0.717) is 12.3 Å². The van der Waals surface area contributed by atoms with Crippen molar-refractivity contribution in [2.45, 2.75) is 24.7 Å². The number of aryl methyl sites for hydroxylation is 1. The van der Waals surface area contributed by atoms with Gasteiger partial charge in [-0.3, -0.25) is 9.59 Å². The standard InChI is InChI=1S/C22H32N4O2S/c1-3-10-25-12-14-26(15-13-25)11-6-9-23-21(27)17-29-20-16-22(28)24(2)19-8-5-4-7-18(19)20/h4-5,7-8,16H,3,6,9-15,17H2,1-2H3,(H,23,27). The Morgan fingerprint density at radius 1 is 1.10 bits per heavy atom. The number of hydrogen-bond donors (Lipinski definition) is 1. The fourth-order valence-electron chi connectivity index (χ4n) is 3.78. The minimum Gasteiger partial charge on any atom is -0.355 e. The summed E-state index contributed by atoms with van der Waals surface area (Å²) in [6.07, 6.45) is 2.19. The van der Waals surface area contributed by atoms with Gasteiger partial charge in [0, 0.05) is 56.1 Å². The number of amides is 1. The van der Waals surface area contributed by atoms with Crippen molar-refractivity contribution in [3.05, 3.63) is 40.7 Å². The second kappa shape index (κ2) is 10.8. The fraction of sp³-hybridized carbons (Fsp3) is 0.545. The van der Waals surface area contributed by atoms with Gasteiger partial charge in [0.1, 0.15) is 0 Å². The predicted octanol–water partition coefficient (Wildman–Crippen LogP) is 2.16. The molecule has 0 radical (unpaired) electrons. The molecule has 1 aromatic heterocycles. The third kappa shape index (κ3) is 6.07. The molecule has 0 aliphatic carbocycles. The van der Waals surface area contributed by atoms with Crippen LogP contribution in [0.5, 0.6) is 0 Å². The molecular weight excluding hydrogens is 384 g/mol. The van der Waals surface area contributed by atoms with E-state index in [-0.39, 0.29) is 11.5 Å². The Labute approximate surface area is 177 Å². The quantitative estimate of drug-likeness (QED) is 0.502. The molecule has 0 spiro atoms. The monoisotopic (exact) mass is 416 g/mol. The van der Waals surface area contributed by atoms with E-state index in [1.807, 2.05) is 24.3 Å². The molecule has 0 unspecified atom stereocenters. The van der Waals surface area contributed by atoms with E-state index in [2.05, 4.69) is 22.0 Å². The van der Waals surface area contributed by atoms with E-state index in [1.54, 1.807) is 17.7 Å². The first-order chi connectivity index (χ1) is 14.1. The summed E-state index contributed by atoms with van der Waals surface area (Å²) in [7, 11) is 1.77. The van der Waals surface area contributed by atoms with E-state index in [9.17, 15) is 9.59 Å². The number of para-hydroxylation sites is 1. The van der Waals surface area contributed by atoms with Crippen LogP contribution >= 0.6 is 11.8 Å². The number of nitrogens with zero attached hydrogens (tertiary/aromatic N) is 3.